The van der Waals surface area contributed by atoms with E-state index in [-0.39, 0.29) is 6.09 Å². The fraction of sp³-hybridized carbons (Fsp3) is 0.714. The second-order valence-electron chi connectivity index (χ2n) is 6.11. The molecule has 2 heterocycles. The van der Waals surface area contributed by atoms with E-state index < -0.39 is 5.60 Å². The molecular weight excluding hydrogens is 308 g/mol. The van der Waals surface area contributed by atoms with Crippen LogP contribution < -0.4 is 0 Å². The minimum Gasteiger partial charge on any atom is -0.444 e. The predicted octanol–water partition coefficient (Wildman–Crippen LogP) is 2.76. The Labute approximate surface area is 123 Å². The van der Waals surface area contributed by atoms with Crippen LogP contribution in [0.15, 0.2) is 10.6 Å². The number of nitrogens with zero attached hydrogens (tertiary/aromatic N) is 2. The van der Waals surface area contributed by atoms with E-state index in [2.05, 4.69) is 32.8 Å². The van der Waals surface area contributed by atoms with Crippen LogP contribution in [0.2, 0.25) is 0 Å². The molecule has 106 valence electrons. The van der Waals surface area contributed by atoms with Crippen molar-refractivity contribution in [2.24, 2.45) is 0 Å². The predicted molar refractivity (Wildman–Crippen MR) is 79.0 cm³/mol. The van der Waals surface area contributed by atoms with Crippen molar-refractivity contribution in [3.63, 3.8) is 0 Å². The summed E-state index contributed by atoms with van der Waals surface area (Å²) in [5.41, 5.74) is -0.411. The number of rotatable bonds is 1. The molecule has 0 bridgehead atoms. The molecule has 0 spiro atoms. The van der Waals surface area contributed by atoms with Gasteiger partial charge in [-0.05, 0) is 36.7 Å². The van der Waals surface area contributed by atoms with Gasteiger partial charge in [0.2, 0.25) is 0 Å². The lowest BCUT2D eigenvalue weighted by Crippen LogP contribution is -2.45. The van der Waals surface area contributed by atoms with E-state index in [0.29, 0.717) is 6.04 Å². The highest BCUT2D eigenvalue weighted by Gasteiger charge is 2.32. The maximum atomic E-state index is 12.0. The molecule has 0 atom stereocenters. The molecule has 0 aromatic heterocycles. The molecule has 5 heteroatoms. The third kappa shape index (κ3) is 4.06. The fourth-order valence-corrected chi connectivity index (χ4v) is 2.83. The van der Waals surface area contributed by atoms with Crippen LogP contribution in [0.1, 0.15) is 33.6 Å². The number of likely N-dealkylation sites (tertiary alicyclic amines) is 1. The molecule has 4 nitrogen and oxygen atoms in total. The Balaban J connectivity index is 1.83. The lowest BCUT2D eigenvalue weighted by atomic mass is 10.1. The van der Waals surface area contributed by atoms with E-state index >= 15 is 0 Å². The number of piperidine rings is 1. The maximum absolute atomic E-state index is 12.0. The summed E-state index contributed by atoms with van der Waals surface area (Å²) in [6, 6.07) is 0.532. The smallest absolute Gasteiger partial charge is 0.410 e. The third-order valence-corrected chi connectivity index (χ3v) is 3.90. The number of hydrogen-bond acceptors (Lipinski definition) is 2. The van der Waals surface area contributed by atoms with Crippen molar-refractivity contribution >= 4 is 28.2 Å². The van der Waals surface area contributed by atoms with E-state index in [1.54, 1.807) is 0 Å². The van der Waals surface area contributed by atoms with Crippen LogP contribution in [0.5, 0.6) is 0 Å². The first-order chi connectivity index (χ1) is 8.85. The summed E-state index contributed by atoms with van der Waals surface area (Å²) in [6.45, 7) is 8.24. The fourth-order valence-electron chi connectivity index (χ4n) is 2.42. The SMILES string of the molecule is CC(C)(C)OC(=O)N1CCC([N+]2=CC(Br)=CC2)CC1. The maximum Gasteiger partial charge on any atom is 0.410 e. The molecule has 1 amide bonds. The van der Waals surface area contributed by atoms with Gasteiger partial charge in [0.15, 0.2) is 18.8 Å². The number of halogens is 1. The Morgan fingerprint density at radius 3 is 2.53 bits per heavy atom. The van der Waals surface area contributed by atoms with Crippen molar-refractivity contribution < 1.29 is 14.1 Å². The molecule has 2 rings (SSSR count). The van der Waals surface area contributed by atoms with Gasteiger partial charge in [-0.15, -0.1) is 0 Å². The number of ether oxygens (including phenoxy) is 1. The van der Waals surface area contributed by atoms with Crippen LogP contribution in [0.3, 0.4) is 0 Å². The van der Waals surface area contributed by atoms with Crippen LogP contribution in [0.25, 0.3) is 0 Å². The molecule has 0 aromatic rings. The van der Waals surface area contributed by atoms with Crippen LogP contribution in [0, 0.1) is 0 Å². The van der Waals surface area contributed by atoms with Crippen LogP contribution in [-0.4, -0.2) is 53.1 Å². The van der Waals surface area contributed by atoms with Gasteiger partial charge in [-0.1, -0.05) is 0 Å². The number of hydrogen-bond donors (Lipinski definition) is 0. The topological polar surface area (TPSA) is 32.5 Å². The minimum atomic E-state index is -0.411. The molecule has 1 saturated heterocycles. The highest BCUT2D eigenvalue weighted by Crippen LogP contribution is 2.19. The molecule has 19 heavy (non-hydrogen) atoms. The molecule has 0 aliphatic carbocycles. The van der Waals surface area contributed by atoms with Crippen LogP contribution >= 0.6 is 15.9 Å². The van der Waals surface area contributed by atoms with E-state index in [0.717, 1.165) is 37.0 Å². The summed E-state index contributed by atoms with van der Waals surface area (Å²) in [5.74, 6) is 0. The Morgan fingerprint density at radius 1 is 1.42 bits per heavy atom. The van der Waals surface area contributed by atoms with Gasteiger partial charge < -0.3 is 9.64 Å². The minimum absolute atomic E-state index is 0.185. The van der Waals surface area contributed by atoms with Crippen LogP contribution in [0.4, 0.5) is 4.79 Å². The molecule has 2 aliphatic rings. The summed E-state index contributed by atoms with van der Waals surface area (Å²) in [7, 11) is 0. The molecule has 0 radical (unpaired) electrons. The summed E-state index contributed by atoms with van der Waals surface area (Å²) in [4.78, 5) is 13.8. The van der Waals surface area contributed by atoms with Crippen molar-refractivity contribution in [2.45, 2.75) is 45.3 Å². The van der Waals surface area contributed by atoms with Gasteiger partial charge in [0.05, 0.1) is 4.48 Å². The molecular formula is C14H22BrN2O2+. The van der Waals surface area contributed by atoms with Gasteiger partial charge in [-0.3, -0.25) is 0 Å². The molecule has 2 aliphatic heterocycles. The first kappa shape index (κ1) is 14.6. The van der Waals surface area contributed by atoms with E-state index in [4.69, 9.17) is 4.74 Å². The lowest BCUT2D eigenvalue weighted by molar-refractivity contribution is -0.553. The Morgan fingerprint density at radius 2 is 2.05 bits per heavy atom. The normalized spacial score (nSPS) is 21.2. The van der Waals surface area contributed by atoms with E-state index in [9.17, 15) is 4.79 Å². The van der Waals surface area contributed by atoms with Gasteiger partial charge in [0, 0.05) is 32.0 Å². The molecule has 0 aromatic carbocycles. The summed E-state index contributed by atoms with van der Waals surface area (Å²) < 4.78 is 8.90. The number of allylic oxidation sites excluding steroid dienone is 1. The molecule has 0 unspecified atom stereocenters. The lowest BCUT2D eigenvalue weighted by Gasteiger charge is -2.31. The zero-order valence-corrected chi connectivity index (χ0v) is 13.4. The first-order valence-electron chi connectivity index (χ1n) is 6.79. The molecule has 1 fully saturated rings. The van der Waals surface area contributed by atoms with Gasteiger partial charge in [0.1, 0.15) is 5.60 Å². The number of carbonyl (C=O) groups excluding carboxylic acids is 1. The van der Waals surface area contributed by atoms with Crippen molar-refractivity contribution in [1.29, 1.82) is 0 Å². The largest absolute Gasteiger partial charge is 0.444 e. The zero-order valence-electron chi connectivity index (χ0n) is 11.9. The van der Waals surface area contributed by atoms with Crippen molar-refractivity contribution in [2.75, 3.05) is 19.6 Å². The summed E-state index contributed by atoms with van der Waals surface area (Å²) >= 11 is 3.49. The standard InChI is InChI=1S/C14H22BrN2O2/c1-14(2,3)19-13(18)16-8-5-12(6-9-16)17-7-4-11(15)10-17/h4,10,12H,5-9H2,1-3H3/q+1. The van der Waals surface area contributed by atoms with Gasteiger partial charge >= 0.3 is 6.09 Å². The van der Waals surface area contributed by atoms with Crippen LogP contribution in [-0.2, 0) is 4.74 Å². The Bertz CT molecular complexity index is 416. The average Bonchev–Trinajstić information content (AvgIpc) is 2.74. The van der Waals surface area contributed by atoms with Crippen molar-refractivity contribution in [3.8, 4) is 0 Å². The zero-order chi connectivity index (χ0) is 14.0. The average molecular weight is 330 g/mol. The second kappa shape index (κ2) is 5.65. The van der Waals surface area contributed by atoms with Crippen molar-refractivity contribution in [1.82, 2.24) is 4.90 Å². The highest BCUT2D eigenvalue weighted by atomic mass is 79.9. The van der Waals surface area contributed by atoms with E-state index in [1.807, 2.05) is 25.7 Å². The third-order valence-electron chi connectivity index (χ3n) is 3.37. The Hall–Kier alpha value is -0.840. The number of carbonyl (C=O) groups is 1. The Kier molecular flexibility index (Phi) is 4.33. The summed E-state index contributed by atoms with van der Waals surface area (Å²) in [5, 5.41) is 0. The number of amides is 1. The van der Waals surface area contributed by atoms with Crippen molar-refractivity contribution in [3.05, 3.63) is 10.6 Å². The quantitative estimate of drug-likeness (QED) is 0.693. The van der Waals surface area contributed by atoms with Gasteiger partial charge in [-0.25, -0.2) is 9.37 Å². The second-order valence-corrected chi connectivity index (χ2v) is 7.03. The van der Waals surface area contributed by atoms with E-state index in [1.165, 1.54) is 0 Å². The first-order valence-corrected chi connectivity index (χ1v) is 7.59. The monoisotopic (exact) mass is 329 g/mol. The highest BCUT2D eigenvalue weighted by molar-refractivity contribution is 9.12. The van der Waals surface area contributed by atoms with Gasteiger partial charge in [-0.2, -0.15) is 0 Å². The van der Waals surface area contributed by atoms with Gasteiger partial charge in [0.25, 0.3) is 0 Å². The molecule has 0 N–H and O–H groups in total. The summed E-state index contributed by atoms with van der Waals surface area (Å²) in [6.07, 6.45) is 6.14. The molecule has 0 saturated carbocycles.